The van der Waals surface area contributed by atoms with Crippen molar-refractivity contribution >= 4 is 28.9 Å². The number of carbonyl (C=O) groups is 2. The molecular formula is C37H39FN6O2. The molecule has 2 aromatic heterocycles. The van der Waals surface area contributed by atoms with Crippen LogP contribution in [-0.4, -0.2) is 43.6 Å². The number of pyridine rings is 1. The third-order valence-corrected chi connectivity index (χ3v) is 9.20. The molecule has 6 rings (SSSR count). The van der Waals surface area contributed by atoms with Crippen molar-refractivity contribution in [3.8, 4) is 0 Å². The summed E-state index contributed by atoms with van der Waals surface area (Å²) >= 11 is 0. The molecule has 0 saturated heterocycles. The monoisotopic (exact) mass is 618 g/mol. The van der Waals surface area contributed by atoms with E-state index in [1.807, 2.05) is 36.7 Å². The topological polar surface area (TPSA) is 93.0 Å². The van der Waals surface area contributed by atoms with Crippen molar-refractivity contribution in [2.75, 3.05) is 11.9 Å². The number of halogens is 1. The molecule has 1 aliphatic rings. The second-order valence-corrected chi connectivity index (χ2v) is 12.4. The minimum absolute atomic E-state index is 0.127. The summed E-state index contributed by atoms with van der Waals surface area (Å²) in [6.45, 7) is 10.2. The number of aryl methyl sites for hydroxylation is 3. The predicted octanol–water partition coefficient (Wildman–Crippen LogP) is 6.70. The Labute approximate surface area is 268 Å². The molecule has 0 fully saturated rings. The lowest BCUT2D eigenvalue weighted by Gasteiger charge is -2.29. The summed E-state index contributed by atoms with van der Waals surface area (Å²) in [7, 11) is 0. The lowest BCUT2D eigenvalue weighted by atomic mass is 9.84. The van der Waals surface area contributed by atoms with E-state index in [9.17, 15) is 14.0 Å². The van der Waals surface area contributed by atoms with Crippen LogP contribution in [0, 0.1) is 25.6 Å². The second-order valence-electron chi connectivity index (χ2n) is 12.4. The molecule has 1 amide bonds. The summed E-state index contributed by atoms with van der Waals surface area (Å²) in [5, 5.41) is 11.8. The van der Waals surface area contributed by atoms with Crippen LogP contribution in [0.3, 0.4) is 0 Å². The largest absolute Gasteiger partial charge is 0.325 e. The van der Waals surface area contributed by atoms with Crippen LogP contribution in [0.2, 0.25) is 0 Å². The van der Waals surface area contributed by atoms with Crippen LogP contribution in [0.1, 0.15) is 71.2 Å². The lowest BCUT2D eigenvalue weighted by molar-refractivity contribution is -0.116. The molecule has 0 aliphatic carbocycles. The number of hydrogen-bond donors (Lipinski definition) is 1. The SMILES string of the molecule is CCn1nnc2c(C)c([C@@H](CC(=O)Nc3cccnc3)c3ccc(C)c(CN4C[C@@H](C)Cc5ccc(F)cc5C4C=O)c3)ccc21. The van der Waals surface area contributed by atoms with Gasteiger partial charge in [0.05, 0.1) is 23.4 Å². The van der Waals surface area contributed by atoms with Crippen molar-refractivity contribution in [3.63, 3.8) is 0 Å². The normalized spacial score (nSPS) is 17.3. The maximum atomic E-state index is 14.4. The highest BCUT2D eigenvalue weighted by Crippen LogP contribution is 2.36. The van der Waals surface area contributed by atoms with Gasteiger partial charge in [0.2, 0.25) is 5.91 Å². The van der Waals surface area contributed by atoms with Gasteiger partial charge in [-0.2, -0.15) is 0 Å². The molecule has 46 heavy (non-hydrogen) atoms. The van der Waals surface area contributed by atoms with Crippen molar-refractivity contribution in [1.29, 1.82) is 0 Å². The third kappa shape index (κ3) is 6.33. The summed E-state index contributed by atoms with van der Waals surface area (Å²) in [6, 6.07) is 18.3. The van der Waals surface area contributed by atoms with E-state index in [1.54, 1.807) is 18.5 Å². The Kier molecular flexibility index (Phi) is 9.03. The molecule has 1 aliphatic heterocycles. The fourth-order valence-electron chi connectivity index (χ4n) is 6.83. The average molecular weight is 619 g/mol. The van der Waals surface area contributed by atoms with Crippen LogP contribution >= 0.6 is 0 Å². The summed E-state index contributed by atoms with van der Waals surface area (Å²) < 4.78 is 16.2. The van der Waals surface area contributed by atoms with E-state index >= 15 is 0 Å². The van der Waals surface area contributed by atoms with Crippen LogP contribution in [0.4, 0.5) is 10.1 Å². The number of rotatable bonds is 9. The van der Waals surface area contributed by atoms with Gasteiger partial charge in [-0.15, -0.1) is 5.10 Å². The number of aromatic nitrogens is 4. The van der Waals surface area contributed by atoms with Gasteiger partial charge in [-0.05, 0) is 102 Å². The molecule has 0 radical (unpaired) electrons. The molecule has 5 aromatic rings. The fraction of sp³-hybridized carbons (Fsp3) is 0.324. The van der Waals surface area contributed by atoms with Crippen LogP contribution in [0.15, 0.2) is 73.1 Å². The molecule has 0 saturated carbocycles. The Morgan fingerprint density at radius 3 is 2.74 bits per heavy atom. The average Bonchev–Trinajstić information content (AvgIpc) is 3.42. The number of benzene rings is 3. The van der Waals surface area contributed by atoms with Crippen LogP contribution in [-0.2, 0) is 29.1 Å². The van der Waals surface area contributed by atoms with Gasteiger partial charge in [0.1, 0.15) is 17.6 Å². The Hall–Kier alpha value is -4.76. The van der Waals surface area contributed by atoms with Crippen LogP contribution in [0.25, 0.3) is 11.0 Å². The van der Waals surface area contributed by atoms with Gasteiger partial charge in [-0.25, -0.2) is 9.07 Å². The van der Waals surface area contributed by atoms with E-state index in [1.165, 1.54) is 12.1 Å². The molecule has 3 atom stereocenters. The van der Waals surface area contributed by atoms with E-state index < -0.39 is 6.04 Å². The first-order chi connectivity index (χ1) is 22.2. The van der Waals surface area contributed by atoms with Crippen molar-refractivity contribution in [2.24, 2.45) is 5.92 Å². The van der Waals surface area contributed by atoms with Gasteiger partial charge < -0.3 is 10.1 Å². The maximum Gasteiger partial charge on any atom is 0.225 e. The highest BCUT2D eigenvalue weighted by molar-refractivity contribution is 5.91. The summed E-state index contributed by atoms with van der Waals surface area (Å²) in [5.41, 5.74) is 9.30. The molecule has 3 aromatic carbocycles. The summed E-state index contributed by atoms with van der Waals surface area (Å²) in [5.74, 6) is -0.450. The molecule has 1 N–H and O–H groups in total. The summed E-state index contributed by atoms with van der Waals surface area (Å²) in [4.78, 5) is 32.4. The zero-order chi connectivity index (χ0) is 32.4. The van der Waals surface area contributed by atoms with Gasteiger partial charge >= 0.3 is 0 Å². The third-order valence-electron chi connectivity index (χ3n) is 9.20. The van der Waals surface area contributed by atoms with Crippen molar-refractivity contribution < 1.29 is 14.0 Å². The number of nitrogens with zero attached hydrogens (tertiary/aromatic N) is 5. The molecule has 236 valence electrons. The number of fused-ring (bicyclic) bond motifs is 2. The minimum Gasteiger partial charge on any atom is -0.325 e. The van der Waals surface area contributed by atoms with E-state index in [0.717, 1.165) is 62.7 Å². The first-order valence-electron chi connectivity index (χ1n) is 15.8. The Bertz CT molecular complexity index is 1890. The van der Waals surface area contributed by atoms with Crippen LogP contribution in [0.5, 0.6) is 0 Å². The first kappa shape index (κ1) is 31.2. The van der Waals surface area contributed by atoms with E-state index in [2.05, 4.69) is 63.6 Å². The fourth-order valence-corrected chi connectivity index (χ4v) is 6.83. The van der Waals surface area contributed by atoms with Gasteiger partial charge in [-0.1, -0.05) is 42.5 Å². The molecule has 9 heteroatoms. The Morgan fingerprint density at radius 1 is 1.13 bits per heavy atom. The second kappa shape index (κ2) is 13.3. The van der Waals surface area contributed by atoms with E-state index in [0.29, 0.717) is 25.3 Å². The number of anilines is 1. The molecule has 0 spiro atoms. The number of aldehydes is 1. The Balaban J connectivity index is 1.38. The van der Waals surface area contributed by atoms with Gasteiger partial charge in [-0.3, -0.25) is 14.7 Å². The standard InChI is InChI=1S/C37H39FN6O2/c1-5-44-34-13-12-31(25(4)37(34)41-42-44)32(18-36(46)40-30-7-6-14-39-19-30)27-9-8-24(3)28(16-27)21-43-20-23(2)15-26-10-11-29(38)17-33(26)35(43)22-45/h6-14,16-17,19,22-23,32,35H,5,15,18,20-21H2,1-4H3,(H,40,46)/t23-,32-,35?/m0/s1. The molecule has 8 nitrogen and oxygen atoms in total. The molecule has 1 unspecified atom stereocenters. The number of carbonyl (C=O) groups excluding carboxylic acids is 2. The number of nitrogens with one attached hydrogen (secondary N) is 1. The summed E-state index contributed by atoms with van der Waals surface area (Å²) in [6.07, 6.45) is 5.23. The number of hydrogen-bond acceptors (Lipinski definition) is 6. The van der Waals surface area contributed by atoms with Crippen LogP contribution < -0.4 is 5.32 Å². The minimum atomic E-state index is -0.550. The van der Waals surface area contributed by atoms with E-state index in [-0.39, 0.29) is 30.0 Å². The van der Waals surface area contributed by atoms with Crippen molar-refractivity contribution in [1.82, 2.24) is 24.9 Å². The van der Waals surface area contributed by atoms with E-state index in [4.69, 9.17) is 0 Å². The van der Waals surface area contributed by atoms with Crippen molar-refractivity contribution in [3.05, 3.63) is 118 Å². The zero-order valence-electron chi connectivity index (χ0n) is 26.7. The highest BCUT2D eigenvalue weighted by atomic mass is 19.1. The zero-order valence-corrected chi connectivity index (χ0v) is 26.7. The van der Waals surface area contributed by atoms with Gasteiger partial charge in [0.25, 0.3) is 0 Å². The molecular weight excluding hydrogens is 579 g/mol. The highest BCUT2D eigenvalue weighted by Gasteiger charge is 2.30. The number of amides is 1. The maximum absolute atomic E-state index is 14.4. The lowest BCUT2D eigenvalue weighted by Crippen LogP contribution is -2.32. The predicted molar refractivity (Wildman–Crippen MR) is 177 cm³/mol. The molecule has 3 heterocycles. The van der Waals surface area contributed by atoms with Crippen molar-refractivity contribution in [2.45, 2.75) is 65.6 Å². The Morgan fingerprint density at radius 2 is 1.98 bits per heavy atom. The smallest absolute Gasteiger partial charge is 0.225 e. The molecule has 0 bridgehead atoms. The first-order valence-corrected chi connectivity index (χ1v) is 15.8. The quantitative estimate of drug-likeness (QED) is 0.185. The van der Waals surface area contributed by atoms with Gasteiger partial charge in [0.15, 0.2) is 0 Å². The van der Waals surface area contributed by atoms with Gasteiger partial charge in [0, 0.05) is 38.2 Å².